The van der Waals surface area contributed by atoms with Crippen molar-refractivity contribution in [3.8, 4) is 6.07 Å². The molecule has 0 N–H and O–H groups in total. The number of nitriles is 1. The van der Waals surface area contributed by atoms with Gasteiger partial charge in [-0.05, 0) is 32.1 Å². The van der Waals surface area contributed by atoms with Crippen LogP contribution in [0.4, 0.5) is 0 Å². The minimum Gasteiger partial charge on any atom is -0.339 e. The van der Waals surface area contributed by atoms with Crippen LogP contribution in [0.2, 0.25) is 0 Å². The number of aryl methyl sites for hydroxylation is 1. The van der Waals surface area contributed by atoms with Gasteiger partial charge in [-0.3, -0.25) is 0 Å². The van der Waals surface area contributed by atoms with Gasteiger partial charge in [0.15, 0.2) is 5.82 Å². The van der Waals surface area contributed by atoms with E-state index in [9.17, 15) is 5.26 Å². The van der Waals surface area contributed by atoms with E-state index in [1.54, 1.807) is 11.8 Å². The van der Waals surface area contributed by atoms with E-state index in [0.717, 1.165) is 49.0 Å². The summed E-state index contributed by atoms with van der Waals surface area (Å²) in [4.78, 5) is 2.17. The van der Waals surface area contributed by atoms with Gasteiger partial charge in [0.1, 0.15) is 22.5 Å². The summed E-state index contributed by atoms with van der Waals surface area (Å²) in [5, 5.41) is 21.4. The van der Waals surface area contributed by atoms with Gasteiger partial charge in [0.05, 0.1) is 0 Å². The topological polar surface area (TPSA) is 57.7 Å². The molecule has 0 aromatic carbocycles. The molecule has 0 atom stereocenters. The van der Waals surface area contributed by atoms with Gasteiger partial charge < -0.3 is 9.47 Å². The smallest absolute Gasteiger partial charge is 0.177 e. The highest BCUT2D eigenvalue weighted by Crippen LogP contribution is 2.38. The number of rotatable bonds is 2. The van der Waals surface area contributed by atoms with Crippen molar-refractivity contribution < 1.29 is 0 Å². The van der Waals surface area contributed by atoms with E-state index in [4.69, 9.17) is 0 Å². The molecule has 1 aromatic rings. The van der Waals surface area contributed by atoms with Gasteiger partial charge in [0.25, 0.3) is 0 Å². The Hall–Kier alpha value is -1.74. The van der Waals surface area contributed by atoms with Crippen LogP contribution in [0.25, 0.3) is 5.57 Å². The number of hydrogen-bond donors (Lipinski definition) is 0. The number of nitrogens with zero attached hydrogens (tertiary/aromatic N) is 5. The summed E-state index contributed by atoms with van der Waals surface area (Å²) >= 11 is 1.61. The Morgan fingerprint density at radius 3 is 3.00 bits per heavy atom. The molecule has 5 nitrogen and oxygen atoms in total. The van der Waals surface area contributed by atoms with Crippen LogP contribution in [-0.2, 0) is 13.0 Å². The van der Waals surface area contributed by atoms with Crippen LogP contribution in [0.1, 0.15) is 44.8 Å². The van der Waals surface area contributed by atoms with E-state index in [1.165, 1.54) is 12.1 Å². The second-order valence-corrected chi connectivity index (χ2v) is 6.17. The quantitative estimate of drug-likeness (QED) is 0.785. The average Bonchev–Trinajstić information content (AvgIpc) is 2.97. The maximum Gasteiger partial charge on any atom is 0.177 e. The van der Waals surface area contributed by atoms with Crippen LogP contribution in [0.15, 0.2) is 16.1 Å². The second kappa shape index (κ2) is 5.94. The summed E-state index contributed by atoms with van der Waals surface area (Å²) in [6.45, 7) is 5.95. The molecule has 0 bridgehead atoms. The Kier molecular flexibility index (Phi) is 4.02. The molecule has 0 fully saturated rings. The predicted molar refractivity (Wildman–Crippen MR) is 83.8 cm³/mol. The van der Waals surface area contributed by atoms with Gasteiger partial charge in [0.2, 0.25) is 0 Å². The molecular weight excluding hydrogens is 282 g/mol. The lowest BCUT2D eigenvalue weighted by atomic mass is 10.2. The third-order valence-corrected chi connectivity index (χ3v) is 5.09. The lowest BCUT2D eigenvalue weighted by molar-refractivity contribution is 0.490. The third kappa shape index (κ3) is 2.46. The fraction of sp³-hybridized carbons (Fsp3) is 0.533. The largest absolute Gasteiger partial charge is 0.339 e. The molecule has 0 amide bonds. The van der Waals surface area contributed by atoms with Crippen LogP contribution in [0, 0.1) is 11.3 Å². The van der Waals surface area contributed by atoms with E-state index in [2.05, 4.69) is 45.0 Å². The molecular formula is C15H19N5S. The first-order chi connectivity index (χ1) is 10.3. The minimum atomic E-state index is 0.649. The molecule has 0 saturated heterocycles. The predicted octanol–water partition coefficient (Wildman–Crippen LogP) is 3.13. The van der Waals surface area contributed by atoms with Crippen LogP contribution in [0.3, 0.4) is 0 Å². The first-order valence-corrected chi connectivity index (χ1v) is 8.32. The maximum atomic E-state index is 9.68. The standard InChI is InChI=1S/C15H19N5S/c1-3-19-11(2)10-21-15(19)12(9-16)14-18-17-13-7-5-4-6-8-20(13)14/h10H,3-8H2,1-2H3. The van der Waals surface area contributed by atoms with Crippen LogP contribution < -0.4 is 0 Å². The average molecular weight is 301 g/mol. The van der Waals surface area contributed by atoms with E-state index in [0.29, 0.717) is 5.57 Å². The van der Waals surface area contributed by atoms with Gasteiger partial charge in [-0.25, -0.2) is 0 Å². The summed E-state index contributed by atoms with van der Waals surface area (Å²) in [5.74, 6) is 1.75. The number of fused-ring (bicyclic) bond motifs is 1. The third-order valence-electron chi connectivity index (χ3n) is 3.99. The van der Waals surface area contributed by atoms with Crippen molar-refractivity contribution in [2.24, 2.45) is 0 Å². The van der Waals surface area contributed by atoms with Crippen LogP contribution in [-0.4, -0.2) is 26.2 Å². The maximum absolute atomic E-state index is 9.68. The second-order valence-electron chi connectivity index (χ2n) is 5.32. The lowest BCUT2D eigenvalue weighted by Crippen LogP contribution is -2.17. The van der Waals surface area contributed by atoms with Crippen molar-refractivity contribution in [1.82, 2.24) is 19.7 Å². The summed E-state index contributed by atoms with van der Waals surface area (Å²) in [6.07, 6.45) is 4.47. The van der Waals surface area contributed by atoms with Crippen molar-refractivity contribution >= 4 is 17.3 Å². The minimum absolute atomic E-state index is 0.649. The number of thioether (sulfide) groups is 1. The molecule has 6 heteroatoms. The SMILES string of the molecule is CCN1C(C)=CSC1=C(C#N)c1nnc2n1CCCCC2. The van der Waals surface area contributed by atoms with Gasteiger partial charge in [-0.1, -0.05) is 18.2 Å². The summed E-state index contributed by atoms with van der Waals surface area (Å²) in [5.41, 5.74) is 1.83. The first kappa shape index (κ1) is 14.2. The van der Waals surface area contributed by atoms with Gasteiger partial charge in [-0.2, -0.15) is 5.26 Å². The molecule has 0 unspecified atom stereocenters. The van der Waals surface area contributed by atoms with Gasteiger partial charge >= 0.3 is 0 Å². The zero-order valence-corrected chi connectivity index (χ0v) is 13.3. The molecule has 3 rings (SSSR count). The van der Waals surface area contributed by atoms with Crippen molar-refractivity contribution in [3.05, 3.63) is 27.8 Å². The zero-order valence-electron chi connectivity index (χ0n) is 12.5. The van der Waals surface area contributed by atoms with E-state index in [1.807, 2.05) is 0 Å². The fourth-order valence-electron chi connectivity index (χ4n) is 2.88. The van der Waals surface area contributed by atoms with Gasteiger partial charge in [-0.15, -0.1) is 10.2 Å². The summed E-state index contributed by atoms with van der Waals surface area (Å²) in [7, 11) is 0. The summed E-state index contributed by atoms with van der Waals surface area (Å²) < 4.78 is 2.14. The van der Waals surface area contributed by atoms with Crippen molar-refractivity contribution in [2.45, 2.75) is 46.1 Å². The van der Waals surface area contributed by atoms with Crippen molar-refractivity contribution in [1.29, 1.82) is 5.26 Å². The number of allylic oxidation sites excluding steroid dienone is 2. The Balaban J connectivity index is 2.06. The Morgan fingerprint density at radius 2 is 2.24 bits per heavy atom. The molecule has 0 spiro atoms. The molecule has 2 aliphatic rings. The van der Waals surface area contributed by atoms with Crippen molar-refractivity contribution in [2.75, 3.05) is 6.54 Å². The number of hydrogen-bond acceptors (Lipinski definition) is 5. The highest BCUT2D eigenvalue weighted by Gasteiger charge is 2.26. The van der Waals surface area contributed by atoms with Crippen LogP contribution >= 0.6 is 11.8 Å². The Bertz CT molecular complexity index is 650. The molecule has 0 radical (unpaired) electrons. The highest BCUT2D eigenvalue weighted by atomic mass is 32.2. The van der Waals surface area contributed by atoms with E-state index >= 15 is 0 Å². The lowest BCUT2D eigenvalue weighted by Gasteiger charge is -2.20. The molecule has 0 aliphatic carbocycles. The van der Waals surface area contributed by atoms with Gasteiger partial charge in [0, 0.05) is 25.2 Å². The molecule has 0 saturated carbocycles. The molecule has 21 heavy (non-hydrogen) atoms. The van der Waals surface area contributed by atoms with Crippen LogP contribution in [0.5, 0.6) is 0 Å². The summed E-state index contributed by atoms with van der Waals surface area (Å²) in [6, 6.07) is 2.36. The molecule has 2 aliphatic heterocycles. The monoisotopic (exact) mass is 301 g/mol. The Labute approximate surface area is 129 Å². The fourth-order valence-corrected chi connectivity index (χ4v) is 3.94. The normalized spacial score (nSPS) is 20.6. The zero-order chi connectivity index (χ0) is 14.8. The first-order valence-electron chi connectivity index (χ1n) is 7.44. The van der Waals surface area contributed by atoms with E-state index in [-0.39, 0.29) is 0 Å². The molecule has 3 heterocycles. The number of aromatic nitrogens is 3. The molecule has 1 aromatic heterocycles. The van der Waals surface area contributed by atoms with E-state index < -0.39 is 0 Å². The Morgan fingerprint density at radius 1 is 1.38 bits per heavy atom. The molecule has 110 valence electrons. The highest BCUT2D eigenvalue weighted by molar-refractivity contribution is 8.06. The van der Waals surface area contributed by atoms with Crippen molar-refractivity contribution in [3.63, 3.8) is 0 Å².